The topological polar surface area (TPSA) is 9.23 Å². The van der Waals surface area contributed by atoms with Gasteiger partial charge in [-0.3, -0.25) is 0 Å². The van der Waals surface area contributed by atoms with Crippen molar-refractivity contribution >= 4 is 18.8 Å². The summed E-state index contributed by atoms with van der Waals surface area (Å²) >= 11 is -2.25. The van der Waals surface area contributed by atoms with Gasteiger partial charge in [-0.15, -0.1) is 0 Å². The van der Waals surface area contributed by atoms with Crippen molar-refractivity contribution in [2.45, 2.75) is 105 Å². The van der Waals surface area contributed by atoms with E-state index in [4.69, 9.17) is 3.07 Å². The molecule has 0 heterocycles. The Morgan fingerprint density at radius 1 is 0.550 bits per heavy atom. The SMILES string of the molecule is CCCCCC[O][Sn]([CH2]CCC)([CH2]CCC)[CH2]CCC. The maximum absolute atomic E-state index is 6.69. The van der Waals surface area contributed by atoms with Gasteiger partial charge in [0.1, 0.15) is 0 Å². The van der Waals surface area contributed by atoms with Crippen molar-refractivity contribution in [2.75, 3.05) is 6.61 Å². The number of rotatable bonds is 15. The van der Waals surface area contributed by atoms with Crippen LogP contribution in [0, 0.1) is 0 Å². The molecule has 0 N–H and O–H groups in total. The zero-order chi connectivity index (χ0) is 15.1. The molecule has 0 fully saturated rings. The van der Waals surface area contributed by atoms with Gasteiger partial charge in [0.2, 0.25) is 0 Å². The Balaban J connectivity index is 4.34. The molecular formula is C18H40OSn. The fourth-order valence-corrected chi connectivity index (χ4v) is 16.5. The summed E-state index contributed by atoms with van der Waals surface area (Å²) in [6, 6.07) is 0. The summed E-state index contributed by atoms with van der Waals surface area (Å²) in [7, 11) is 0. The maximum atomic E-state index is 6.69. The van der Waals surface area contributed by atoms with E-state index in [2.05, 4.69) is 27.7 Å². The van der Waals surface area contributed by atoms with Crippen molar-refractivity contribution in [1.82, 2.24) is 0 Å². The van der Waals surface area contributed by atoms with Crippen LogP contribution in [0.25, 0.3) is 0 Å². The van der Waals surface area contributed by atoms with E-state index in [0.717, 1.165) is 6.61 Å². The molecule has 0 unspecified atom stereocenters. The van der Waals surface area contributed by atoms with Crippen LogP contribution in [0.4, 0.5) is 0 Å². The summed E-state index contributed by atoms with van der Waals surface area (Å²) < 4.78 is 11.1. The third kappa shape index (κ3) is 10.5. The Kier molecular flexibility index (Phi) is 15.2. The zero-order valence-electron chi connectivity index (χ0n) is 14.8. The molecule has 0 saturated carbocycles. The second-order valence-corrected chi connectivity index (χ2v) is 18.3. The zero-order valence-corrected chi connectivity index (χ0v) is 17.7. The number of hydrogen-bond donors (Lipinski definition) is 0. The molecule has 0 aromatic rings. The quantitative estimate of drug-likeness (QED) is 0.217. The van der Waals surface area contributed by atoms with E-state index in [9.17, 15) is 0 Å². The van der Waals surface area contributed by atoms with E-state index in [0.29, 0.717) is 0 Å². The third-order valence-corrected chi connectivity index (χ3v) is 17.5. The first-order valence-electron chi connectivity index (χ1n) is 9.38. The molecule has 0 aliphatic heterocycles. The van der Waals surface area contributed by atoms with Crippen molar-refractivity contribution < 1.29 is 3.07 Å². The van der Waals surface area contributed by atoms with Crippen LogP contribution >= 0.6 is 0 Å². The molecule has 1 nitrogen and oxygen atoms in total. The Bertz CT molecular complexity index is 172. The van der Waals surface area contributed by atoms with Gasteiger partial charge in [-0.25, -0.2) is 0 Å². The summed E-state index contributed by atoms with van der Waals surface area (Å²) in [5.74, 6) is 0. The summed E-state index contributed by atoms with van der Waals surface area (Å²) in [5, 5.41) is 0. The van der Waals surface area contributed by atoms with Crippen LogP contribution in [0.3, 0.4) is 0 Å². The molecule has 0 aliphatic rings. The van der Waals surface area contributed by atoms with Crippen molar-refractivity contribution in [3.8, 4) is 0 Å². The number of hydrogen-bond acceptors (Lipinski definition) is 1. The predicted molar refractivity (Wildman–Crippen MR) is 95.0 cm³/mol. The van der Waals surface area contributed by atoms with Gasteiger partial charge in [0.25, 0.3) is 0 Å². The van der Waals surface area contributed by atoms with Crippen LogP contribution in [0.15, 0.2) is 0 Å². The van der Waals surface area contributed by atoms with Crippen molar-refractivity contribution in [1.29, 1.82) is 0 Å². The number of unbranched alkanes of at least 4 members (excludes halogenated alkanes) is 6. The Morgan fingerprint density at radius 3 is 1.40 bits per heavy atom. The average molecular weight is 391 g/mol. The van der Waals surface area contributed by atoms with Crippen LogP contribution in [0.2, 0.25) is 13.3 Å². The molecule has 0 spiro atoms. The van der Waals surface area contributed by atoms with Gasteiger partial charge in [-0.05, 0) is 0 Å². The average Bonchev–Trinajstić information content (AvgIpc) is 2.48. The molecular weight excluding hydrogens is 351 g/mol. The second kappa shape index (κ2) is 14.7. The van der Waals surface area contributed by atoms with E-state index in [1.165, 1.54) is 77.5 Å². The summed E-state index contributed by atoms with van der Waals surface area (Å²) in [6.45, 7) is 10.4. The van der Waals surface area contributed by atoms with Gasteiger partial charge < -0.3 is 0 Å². The Labute approximate surface area is 133 Å². The van der Waals surface area contributed by atoms with E-state index >= 15 is 0 Å². The summed E-state index contributed by atoms with van der Waals surface area (Å²) in [6.07, 6.45) is 13.7. The first-order chi connectivity index (χ1) is 9.74. The van der Waals surface area contributed by atoms with Crippen LogP contribution in [-0.4, -0.2) is 25.4 Å². The van der Waals surface area contributed by atoms with Gasteiger partial charge >= 0.3 is 134 Å². The van der Waals surface area contributed by atoms with Gasteiger partial charge in [0, 0.05) is 0 Å². The van der Waals surface area contributed by atoms with Crippen molar-refractivity contribution in [3.05, 3.63) is 0 Å². The predicted octanol–water partition coefficient (Wildman–Crippen LogP) is 6.93. The van der Waals surface area contributed by atoms with Crippen molar-refractivity contribution in [3.63, 3.8) is 0 Å². The molecule has 0 amide bonds. The van der Waals surface area contributed by atoms with Gasteiger partial charge in [0.15, 0.2) is 0 Å². The third-order valence-electron chi connectivity index (χ3n) is 4.36. The minimum atomic E-state index is -2.25. The molecule has 0 saturated heterocycles. The Morgan fingerprint density at radius 2 is 1.00 bits per heavy atom. The fourth-order valence-electron chi connectivity index (χ4n) is 2.91. The van der Waals surface area contributed by atoms with Crippen LogP contribution < -0.4 is 0 Å². The van der Waals surface area contributed by atoms with Gasteiger partial charge in [0.05, 0.1) is 0 Å². The monoisotopic (exact) mass is 392 g/mol. The van der Waals surface area contributed by atoms with E-state index in [1.54, 1.807) is 0 Å². The minimum absolute atomic E-state index is 1.08. The van der Waals surface area contributed by atoms with E-state index < -0.39 is 18.8 Å². The molecule has 0 aromatic heterocycles. The molecule has 0 bridgehead atoms. The van der Waals surface area contributed by atoms with Crippen LogP contribution in [0.1, 0.15) is 91.9 Å². The molecule has 0 aromatic carbocycles. The fraction of sp³-hybridized carbons (Fsp3) is 1.00. The molecule has 0 atom stereocenters. The van der Waals surface area contributed by atoms with Crippen molar-refractivity contribution in [2.24, 2.45) is 0 Å². The van der Waals surface area contributed by atoms with Crippen LogP contribution in [-0.2, 0) is 3.07 Å². The Hall–Kier alpha value is 0.759. The first kappa shape index (κ1) is 20.8. The van der Waals surface area contributed by atoms with Crippen LogP contribution in [0.5, 0.6) is 0 Å². The molecule has 0 rings (SSSR count). The summed E-state index contributed by atoms with van der Waals surface area (Å²) in [5.41, 5.74) is 0. The molecule has 0 radical (unpaired) electrons. The summed E-state index contributed by atoms with van der Waals surface area (Å²) in [4.78, 5) is 0. The molecule has 20 heavy (non-hydrogen) atoms. The van der Waals surface area contributed by atoms with E-state index in [-0.39, 0.29) is 0 Å². The van der Waals surface area contributed by atoms with E-state index in [1.807, 2.05) is 0 Å². The molecule has 122 valence electrons. The van der Waals surface area contributed by atoms with Gasteiger partial charge in [-0.2, -0.15) is 0 Å². The first-order valence-corrected chi connectivity index (χ1v) is 16.6. The normalized spacial score (nSPS) is 12.0. The standard InChI is InChI=1S/C6H13O.3C4H9.Sn/c1-2-3-4-5-6-7;3*1-3-4-2;/h2-6H2,1H3;3*1,3-4H2,2H3;/q-1;;;;+1. The second-order valence-electron chi connectivity index (χ2n) is 6.40. The molecule has 0 aliphatic carbocycles. The van der Waals surface area contributed by atoms with Gasteiger partial charge in [-0.1, -0.05) is 0 Å². The molecule has 2 heteroatoms.